The van der Waals surface area contributed by atoms with Gasteiger partial charge in [-0.05, 0) is 18.9 Å². The Morgan fingerprint density at radius 2 is 1.50 bits per heavy atom. The summed E-state index contributed by atoms with van der Waals surface area (Å²) in [4.78, 5) is 0. The zero-order valence-corrected chi connectivity index (χ0v) is 12.7. The fourth-order valence-electron chi connectivity index (χ4n) is 1.76. The zero-order valence-electron chi connectivity index (χ0n) is 10.6. The van der Waals surface area contributed by atoms with Gasteiger partial charge in [-0.15, -0.1) is 0 Å². The van der Waals surface area contributed by atoms with Crippen molar-refractivity contribution in [1.29, 1.82) is 0 Å². The molecule has 0 bridgehead atoms. The molecule has 0 saturated carbocycles. The van der Waals surface area contributed by atoms with Gasteiger partial charge < -0.3 is 24.0 Å². The lowest BCUT2D eigenvalue weighted by atomic mass is 10.1. The Labute approximate surface area is 117 Å². The van der Waals surface area contributed by atoms with Crippen molar-refractivity contribution in [2.24, 2.45) is 0 Å². The first-order valence-electron chi connectivity index (χ1n) is 6.28. The molecule has 0 atom stereocenters. The van der Waals surface area contributed by atoms with E-state index in [-0.39, 0.29) is 24.0 Å². The van der Waals surface area contributed by atoms with Gasteiger partial charge in [-0.1, -0.05) is 32.6 Å². The van der Waals surface area contributed by atoms with Crippen LogP contribution in [-0.2, 0) is 6.54 Å². The van der Waals surface area contributed by atoms with Crippen LogP contribution in [0.2, 0.25) is 0 Å². The summed E-state index contributed by atoms with van der Waals surface area (Å²) in [6, 6.07) is 4.36. The van der Waals surface area contributed by atoms with Crippen LogP contribution in [-0.4, -0.2) is 0 Å². The molecule has 0 spiro atoms. The topological polar surface area (TPSA) is 3.88 Å². The first kappa shape index (κ1) is 15.9. The van der Waals surface area contributed by atoms with Crippen LogP contribution in [0.3, 0.4) is 0 Å². The fraction of sp³-hybridized carbons (Fsp3) is 0.643. The second-order valence-corrected chi connectivity index (χ2v) is 4.38. The van der Waals surface area contributed by atoms with Gasteiger partial charge in [-0.3, -0.25) is 0 Å². The highest BCUT2D eigenvalue weighted by Gasteiger charge is 1.98. The molecule has 0 N–H and O–H groups in total. The summed E-state index contributed by atoms with van der Waals surface area (Å²) in [6.07, 6.45) is 12.6. The van der Waals surface area contributed by atoms with Gasteiger partial charge in [0.2, 0.25) is 0 Å². The molecule has 2 heteroatoms. The molecule has 1 nitrogen and oxygen atoms in total. The third-order valence-corrected chi connectivity index (χ3v) is 2.83. The molecule has 92 valence electrons. The average molecular weight is 333 g/mol. The predicted molar refractivity (Wildman–Crippen MR) is 64.8 cm³/mol. The molecule has 0 fully saturated rings. The lowest BCUT2D eigenvalue weighted by molar-refractivity contribution is -0.697. The Balaban J connectivity index is 0.00000225. The van der Waals surface area contributed by atoms with Crippen LogP contribution in [0.5, 0.6) is 0 Å². The number of pyridine rings is 1. The number of hydrogen-bond acceptors (Lipinski definition) is 0. The summed E-state index contributed by atoms with van der Waals surface area (Å²) in [6.45, 7) is 5.57. The normalized spacial score (nSPS) is 9.88. The lowest BCUT2D eigenvalue weighted by Gasteiger charge is -1.99. The van der Waals surface area contributed by atoms with Crippen molar-refractivity contribution in [2.75, 3.05) is 0 Å². The molecule has 0 aliphatic rings. The minimum atomic E-state index is 0. The standard InChI is InChI=1S/C14H24N.HI/c1-3-4-5-6-7-8-11-15-12-9-14(2)10-13-15;/h9-10,12-13H,3-8,11H2,1-2H3;1H/q+1;/p-1. The van der Waals surface area contributed by atoms with Crippen LogP contribution in [0.25, 0.3) is 0 Å². The van der Waals surface area contributed by atoms with E-state index in [1.807, 2.05) is 0 Å². The Kier molecular flexibility index (Phi) is 9.99. The van der Waals surface area contributed by atoms with Gasteiger partial charge in [-0.25, -0.2) is 4.57 Å². The lowest BCUT2D eigenvalue weighted by Crippen LogP contribution is -3.00. The quantitative estimate of drug-likeness (QED) is 0.392. The van der Waals surface area contributed by atoms with E-state index in [2.05, 4.69) is 42.9 Å². The number of unbranched alkanes of at least 4 members (excludes halogenated alkanes) is 5. The average Bonchev–Trinajstić information content (AvgIpc) is 2.26. The van der Waals surface area contributed by atoms with E-state index in [0.717, 1.165) is 0 Å². The van der Waals surface area contributed by atoms with Gasteiger partial charge in [0.05, 0.1) is 0 Å². The van der Waals surface area contributed by atoms with Crippen molar-refractivity contribution >= 4 is 0 Å². The maximum absolute atomic E-state index is 2.28. The molecule has 0 aliphatic heterocycles. The third-order valence-electron chi connectivity index (χ3n) is 2.83. The summed E-state index contributed by atoms with van der Waals surface area (Å²) >= 11 is 0. The molecule has 0 unspecified atom stereocenters. The molecule has 1 aromatic heterocycles. The van der Waals surface area contributed by atoms with Gasteiger partial charge in [-0.2, -0.15) is 0 Å². The van der Waals surface area contributed by atoms with E-state index in [0.29, 0.717) is 0 Å². The summed E-state index contributed by atoms with van der Waals surface area (Å²) in [5.41, 5.74) is 1.34. The number of rotatable bonds is 7. The SMILES string of the molecule is CCCCCCCC[n+]1ccc(C)cc1.[I-]. The van der Waals surface area contributed by atoms with Crippen LogP contribution in [0.1, 0.15) is 51.0 Å². The molecule has 0 amide bonds. The van der Waals surface area contributed by atoms with Crippen LogP contribution in [0, 0.1) is 6.92 Å². The first-order chi connectivity index (χ1) is 7.33. The Bertz CT molecular complexity index is 256. The summed E-state index contributed by atoms with van der Waals surface area (Å²) in [7, 11) is 0. The van der Waals surface area contributed by atoms with Crippen LogP contribution in [0.4, 0.5) is 0 Å². The summed E-state index contributed by atoms with van der Waals surface area (Å²) in [5, 5.41) is 0. The Hall–Kier alpha value is -0.120. The monoisotopic (exact) mass is 333 g/mol. The van der Waals surface area contributed by atoms with E-state index < -0.39 is 0 Å². The molecule has 1 aromatic rings. The smallest absolute Gasteiger partial charge is 0.169 e. The van der Waals surface area contributed by atoms with Gasteiger partial charge in [0.25, 0.3) is 0 Å². The van der Waals surface area contributed by atoms with Gasteiger partial charge in [0.1, 0.15) is 6.54 Å². The number of aromatic nitrogens is 1. The molecule has 0 aromatic carbocycles. The summed E-state index contributed by atoms with van der Waals surface area (Å²) < 4.78 is 2.28. The molecule has 0 aliphatic carbocycles. The highest BCUT2D eigenvalue weighted by Crippen LogP contribution is 2.04. The van der Waals surface area contributed by atoms with Gasteiger partial charge >= 0.3 is 0 Å². The minimum Gasteiger partial charge on any atom is -1.00 e. The maximum atomic E-state index is 2.28. The van der Waals surface area contributed by atoms with Crippen molar-refractivity contribution in [3.63, 3.8) is 0 Å². The molecule has 0 radical (unpaired) electrons. The second kappa shape index (κ2) is 10.1. The second-order valence-electron chi connectivity index (χ2n) is 4.38. The van der Waals surface area contributed by atoms with E-state index in [1.165, 1.54) is 50.6 Å². The number of hydrogen-bond donors (Lipinski definition) is 0. The van der Waals surface area contributed by atoms with Crippen LogP contribution in [0.15, 0.2) is 24.5 Å². The zero-order chi connectivity index (χ0) is 10.9. The molecule has 1 rings (SSSR count). The number of nitrogens with zero attached hydrogens (tertiary/aromatic N) is 1. The number of halogens is 1. The minimum absolute atomic E-state index is 0. The molecule has 0 saturated heterocycles. The Morgan fingerprint density at radius 3 is 2.12 bits per heavy atom. The van der Waals surface area contributed by atoms with E-state index in [1.54, 1.807) is 0 Å². The van der Waals surface area contributed by atoms with Crippen molar-refractivity contribution in [3.8, 4) is 0 Å². The molecule has 1 heterocycles. The third kappa shape index (κ3) is 7.20. The van der Waals surface area contributed by atoms with Crippen LogP contribution < -0.4 is 28.5 Å². The number of aryl methyl sites for hydroxylation is 2. The predicted octanol–water partition coefficient (Wildman–Crippen LogP) is 0.647. The van der Waals surface area contributed by atoms with Crippen LogP contribution >= 0.6 is 0 Å². The highest BCUT2D eigenvalue weighted by atomic mass is 127. The molecular formula is C14H24IN. The van der Waals surface area contributed by atoms with E-state index in [4.69, 9.17) is 0 Å². The molecular weight excluding hydrogens is 309 g/mol. The van der Waals surface area contributed by atoms with E-state index in [9.17, 15) is 0 Å². The fourth-order valence-corrected chi connectivity index (χ4v) is 1.76. The largest absolute Gasteiger partial charge is 1.00 e. The first-order valence-corrected chi connectivity index (χ1v) is 6.28. The summed E-state index contributed by atoms with van der Waals surface area (Å²) in [5.74, 6) is 0. The van der Waals surface area contributed by atoms with Crippen molar-refractivity contribution in [2.45, 2.75) is 58.9 Å². The molecule has 16 heavy (non-hydrogen) atoms. The van der Waals surface area contributed by atoms with Crippen molar-refractivity contribution < 1.29 is 28.5 Å². The van der Waals surface area contributed by atoms with E-state index >= 15 is 0 Å². The Morgan fingerprint density at radius 1 is 0.938 bits per heavy atom. The highest BCUT2D eigenvalue weighted by molar-refractivity contribution is 5.03. The van der Waals surface area contributed by atoms with Gasteiger partial charge in [0.15, 0.2) is 12.4 Å². The van der Waals surface area contributed by atoms with Crippen molar-refractivity contribution in [3.05, 3.63) is 30.1 Å². The maximum Gasteiger partial charge on any atom is 0.169 e. The van der Waals surface area contributed by atoms with Gasteiger partial charge in [0, 0.05) is 18.6 Å². The van der Waals surface area contributed by atoms with Crippen molar-refractivity contribution in [1.82, 2.24) is 0 Å².